The molecule has 0 radical (unpaired) electrons. The molecule has 0 amide bonds. The van der Waals surface area contributed by atoms with Crippen molar-refractivity contribution in [1.82, 2.24) is 9.97 Å². The molecule has 0 saturated carbocycles. The highest BCUT2D eigenvalue weighted by molar-refractivity contribution is 5.36. The minimum Gasteiger partial charge on any atom is -0.350 e. The van der Waals surface area contributed by atoms with Gasteiger partial charge in [0.05, 0.1) is 11.6 Å². The minimum absolute atomic E-state index is 0.173. The average Bonchev–Trinajstić information content (AvgIpc) is 2.46. The molecule has 0 aliphatic heterocycles. The molecule has 1 heterocycles. The molecular weight excluding hydrogens is 245 g/mol. The third kappa shape index (κ3) is 3.02. The van der Waals surface area contributed by atoms with Gasteiger partial charge in [0.15, 0.2) is 0 Å². The predicted molar refractivity (Wildman–Crippen MR) is 65.2 cm³/mol. The van der Waals surface area contributed by atoms with Crippen molar-refractivity contribution in [3.8, 4) is 12.1 Å². The molecule has 0 atom stereocenters. The van der Waals surface area contributed by atoms with Crippen LogP contribution in [0.1, 0.15) is 16.8 Å². The molecule has 19 heavy (non-hydrogen) atoms. The zero-order valence-electron chi connectivity index (χ0n) is 9.76. The maximum atomic E-state index is 13.6. The van der Waals surface area contributed by atoms with Gasteiger partial charge in [0, 0.05) is 18.3 Å². The molecule has 0 aliphatic carbocycles. The topological polar surface area (TPSA) is 85.4 Å². The molecule has 1 N–H and O–H groups in total. The van der Waals surface area contributed by atoms with E-state index in [9.17, 15) is 4.39 Å². The van der Waals surface area contributed by atoms with Crippen LogP contribution in [-0.2, 0) is 6.54 Å². The predicted octanol–water partition coefficient (Wildman–Crippen LogP) is 1.97. The summed E-state index contributed by atoms with van der Waals surface area (Å²) in [6, 6.07) is 9.46. The number of halogens is 1. The number of nitrogens with zero attached hydrogens (tertiary/aromatic N) is 4. The fraction of sp³-hybridized carbons (Fsp3) is 0.0769. The number of nitrogens with one attached hydrogen (secondary N) is 1. The highest BCUT2D eigenvalue weighted by atomic mass is 19.1. The van der Waals surface area contributed by atoms with Crippen LogP contribution >= 0.6 is 0 Å². The van der Waals surface area contributed by atoms with Crippen LogP contribution in [0.25, 0.3) is 0 Å². The summed E-state index contributed by atoms with van der Waals surface area (Å²) < 4.78 is 13.6. The van der Waals surface area contributed by atoms with Crippen molar-refractivity contribution in [3.05, 3.63) is 53.1 Å². The molecule has 0 bridgehead atoms. The molecule has 6 heteroatoms. The van der Waals surface area contributed by atoms with Gasteiger partial charge in [-0.2, -0.15) is 10.5 Å². The van der Waals surface area contributed by atoms with E-state index in [0.717, 1.165) is 0 Å². The van der Waals surface area contributed by atoms with Crippen LogP contribution in [0, 0.1) is 28.5 Å². The highest BCUT2D eigenvalue weighted by Crippen LogP contribution is 2.11. The van der Waals surface area contributed by atoms with Gasteiger partial charge >= 0.3 is 0 Å². The lowest BCUT2D eigenvalue weighted by Crippen LogP contribution is -2.05. The minimum atomic E-state index is -0.469. The normalized spacial score (nSPS) is 9.42. The SMILES string of the molecule is N#Cc1ccc(CNc2nccc(C#N)n2)c(F)c1. The number of nitriles is 2. The van der Waals surface area contributed by atoms with Crippen LogP contribution in [0.15, 0.2) is 30.5 Å². The van der Waals surface area contributed by atoms with Crippen molar-refractivity contribution < 1.29 is 4.39 Å². The summed E-state index contributed by atoms with van der Waals surface area (Å²) in [5, 5.41) is 20.1. The molecule has 2 aromatic rings. The summed E-state index contributed by atoms with van der Waals surface area (Å²) in [5.41, 5.74) is 0.895. The zero-order chi connectivity index (χ0) is 13.7. The van der Waals surface area contributed by atoms with E-state index in [1.54, 1.807) is 0 Å². The Balaban J connectivity index is 2.11. The summed E-state index contributed by atoms with van der Waals surface area (Å²) in [6.45, 7) is 0.173. The van der Waals surface area contributed by atoms with E-state index >= 15 is 0 Å². The molecule has 1 aromatic carbocycles. The van der Waals surface area contributed by atoms with Crippen molar-refractivity contribution in [1.29, 1.82) is 10.5 Å². The Labute approximate surface area is 109 Å². The van der Waals surface area contributed by atoms with Gasteiger partial charge in [0.2, 0.25) is 5.95 Å². The van der Waals surface area contributed by atoms with Gasteiger partial charge in [-0.15, -0.1) is 0 Å². The van der Waals surface area contributed by atoms with Crippen molar-refractivity contribution in [2.24, 2.45) is 0 Å². The van der Waals surface area contributed by atoms with Crippen molar-refractivity contribution in [3.63, 3.8) is 0 Å². The number of benzene rings is 1. The molecule has 1 aromatic heterocycles. The molecule has 0 unspecified atom stereocenters. The zero-order valence-corrected chi connectivity index (χ0v) is 9.76. The lowest BCUT2D eigenvalue weighted by Gasteiger charge is -2.06. The highest BCUT2D eigenvalue weighted by Gasteiger charge is 2.04. The largest absolute Gasteiger partial charge is 0.350 e. The number of aromatic nitrogens is 2. The van der Waals surface area contributed by atoms with Crippen LogP contribution in [0.5, 0.6) is 0 Å². The van der Waals surface area contributed by atoms with Crippen LogP contribution in [0.3, 0.4) is 0 Å². The molecular formula is C13H8FN5. The smallest absolute Gasteiger partial charge is 0.224 e. The van der Waals surface area contributed by atoms with E-state index in [0.29, 0.717) is 5.56 Å². The summed E-state index contributed by atoms with van der Waals surface area (Å²) in [5.74, 6) is -0.217. The Bertz CT molecular complexity index is 684. The van der Waals surface area contributed by atoms with Gasteiger partial charge < -0.3 is 5.32 Å². The summed E-state index contributed by atoms with van der Waals surface area (Å²) in [7, 11) is 0. The van der Waals surface area contributed by atoms with E-state index < -0.39 is 5.82 Å². The third-order valence-corrected chi connectivity index (χ3v) is 2.39. The number of hydrogen-bond acceptors (Lipinski definition) is 5. The Morgan fingerprint density at radius 3 is 2.74 bits per heavy atom. The lowest BCUT2D eigenvalue weighted by molar-refractivity contribution is 0.612. The van der Waals surface area contributed by atoms with Gasteiger partial charge in [-0.3, -0.25) is 0 Å². The first kappa shape index (κ1) is 12.5. The fourth-order valence-electron chi connectivity index (χ4n) is 1.44. The van der Waals surface area contributed by atoms with E-state index in [-0.39, 0.29) is 23.8 Å². The third-order valence-electron chi connectivity index (χ3n) is 2.39. The fourth-order valence-corrected chi connectivity index (χ4v) is 1.44. The number of anilines is 1. The first-order valence-electron chi connectivity index (χ1n) is 5.38. The second-order valence-electron chi connectivity index (χ2n) is 3.65. The maximum absolute atomic E-state index is 13.6. The molecule has 0 fully saturated rings. The second-order valence-corrected chi connectivity index (χ2v) is 3.65. The van der Waals surface area contributed by atoms with Crippen molar-refractivity contribution in [2.75, 3.05) is 5.32 Å². The van der Waals surface area contributed by atoms with Crippen LogP contribution in [0.4, 0.5) is 10.3 Å². The molecule has 0 saturated heterocycles. The molecule has 2 rings (SSSR count). The van der Waals surface area contributed by atoms with Crippen LogP contribution in [0.2, 0.25) is 0 Å². The Hall–Kier alpha value is -2.99. The molecule has 5 nitrogen and oxygen atoms in total. The molecule has 0 spiro atoms. The quantitative estimate of drug-likeness (QED) is 0.903. The summed E-state index contributed by atoms with van der Waals surface area (Å²) in [4.78, 5) is 7.83. The van der Waals surface area contributed by atoms with Gasteiger partial charge in [-0.25, -0.2) is 14.4 Å². The maximum Gasteiger partial charge on any atom is 0.224 e. The molecule has 0 aliphatic rings. The van der Waals surface area contributed by atoms with Crippen LogP contribution < -0.4 is 5.32 Å². The second kappa shape index (κ2) is 5.56. The van der Waals surface area contributed by atoms with Gasteiger partial charge in [-0.1, -0.05) is 6.07 Å². The number of hydrogen-bond donors (Lipinski definition) is 1. The van der Waals surface area contributed by atoms with E-state index in [2.05, 4.69) is 15.3 Å². The van der Waals surface area contributed by atoms with Crippen molar-refractivity contribution >= 4 is 5.95 Å². The standard InChI is InChI=1S/C13H8FN5/c14-12-5-9(6-15)1-2-10(12)8-18-13-17-4-3-11(7-16)19-13/h1-5H,8H2,(H,17,18,19). The van der Waals surface area contributed by atoms with Gasteiger partial charge in [0.1, 0.15) is 17.6 Å². The van der Waals surface area contributed by atoms with E-state index in [1.165, 1.54) is 30.5 Å². The Kier molecular flexibility index (Phi) is 3.65. The molecule has 92 valence electrons. The average molecular weight is 253 g/mol. The van der Waals surface area contributed by atoms with Gasteiger partial charge in [-0.05, 0) is 18.2 Å². The Morgan fingerprint density at radius 2 is 2.05 bits per heavy atom. The van der Waals surface area contributed by atoms with E-state index in [1.807, 2.05) is 12.1 Å². The summed E-state index contributed by atoms with van der Waals surface area (Å²) >= 11 is 0. The first-order chi connectivity index (χ1) is 9.22. The summed E-state index contributed by atoms with van der Waals surface area (Å²) in [6.07, 6.45) is 1.45. The number of rotatable bonds is 3. The lowest BCUT2D eigenvalue weighted by atomic mass is 10.1. The van der Waals surface area contributed by atoms with Gasteiger partial charge in [0.25, 0.3) is 0 Å². The monoisotopic (exact) mass is 253 g/mol. The van der Waals surface area contributed by atoms with Crippen molar-refractivity contribution in [2.45, 2.75) is 6.54 Å². The first-order valence-corrected chi connectivity index (χ1v) is 5.38. The van der Waals surface area contributed by atoms with Crippen LogP contribution in [-0.4, -0.2) is 9.97 Å². The Morgan fingerprint density at radius 1 is 1.21 bits per heavy atom. The van der Waals surface area contributed by atoms with E-state index in [4.69, 9.17) is 10.5 Å².